The molecule has 0 spiro atoms. The molecular weight excluding hydrogens is 502 g/mol. The third-order valence-corrected chi connectivity index (χ3v) is 7.90. The number of nitrogens with one attached hydrogen (secondary N) is 2. The highest BCUT2D eigenvalue weighted by atomic mass is 32.1. The van der Waals surface area contributed by atoms with Gasteiger partial charge in [-0.05, 0) is 98.6 Å². The average Bonchev–Trinajstić information content (AvgIpc) is 3.44. The standard InChI is InChI=1S/C32H35N5OS/c1-6-23-12-8-9-14-28(23)36-21(4)19-25(22(36)5)31-30(27-13-10-11-17-33-27)35-32(39)37(31)24-15-16-26(20(3)18-24)34-29(38)7-2/h8-19,30-31H,6-7H2,1-5H3,(H,34,38)(H,35,39)/t30-,31+/m1/s1. The van der Waals surface area contributed by atoms with E-state index in [0.29, 0.717) is 11.5 Å². The number of hydrogen-bond acceptors (Lipinski definition) is 3. The lowest BCUT2D eigenvalue weighted by atomic mass is 9.96. The topological polar surface area (TPSA) is 62.2 Å². The van der Waals surface area contributed by atoms with Gasteiger partial charge in [0.1, 0.15) is 0 Å². The molecule has 6 nitrogen and oxygen atoms in total. The molecule has 5 rings (SSSR count). The maximum atomic E-state index is 12.0. The van der Waals surface area contributed by atoms with E-state index in [9.17, 15) is 4.79 Å². The third-order valence-electron chi connectivity index (χ3n) is 7.58. The Balaban J connectivity index is 1.65. The molecule has 0 aliphatic carbocycles. The molecule has 2 aromatic heterocycles. The molecule has 1 fully saturated rings. The van der Waals surface area contributed by atoms with E-state index in [2.05, 4.69) is 83.3 Å². The molecule has 1 saturated heterocycles. The number of thiocarbonyl (C=S) groups is 1. The average molecular weight is 538 g/mol. The zero-order valence-corrected chi connectivity index (χ0v) is 24.0. The predicted octanol–water partition coefficient (Wildman–Crippen LogP) is 6.89. The molecule has 3 heterocycles. The minimum atomic E-state index is -0.131. The van der Waals surface area contributed by atoms with Gasteiger partial charge in [0, 0.05) is 41.1 Å². The largest absolute Gasteiger partial charge is 0.351 e. The van der Waals surface area contributed by atoms with Crippen LogP contribution in [-0.2, 0) is 11.2 Å². The number of hydrogen-bond donors (Lipinski definition) is 2. The quantitative estimate of drug-likeness (QED) is 0.252. The fourth-order valence-electron chi connectivity index (χ4n) is 5.61. The van der Waals surface area contributed by atoms with Gasteiger partial charge >= 0.3 is 0 Å². The number of aryl methyl sites for hydroxylation is 3. The Bertz CT molecular complexity index is 1530. The van der Waals surface area contributed by atoms with Crippen LogP contribution in [0.25, 0.3) is 5.69 Å². The Morgan fingerprint density at radius 3 is 2.49 bits per heavy atom. The van der Waals surface area contributed by atoms with Crippen molar-refractivity contribution in [2.45, 2.75) is 59.5 Å². The number of benzene rings is 2. The smallest absolute Gasteiger partial charge is 0.224 e. The van der Waals surface area contributed by atoms with Crippen molar-refractivity contribution in [3.63, 3.8) is 0 Å². The van der Waals surface area contributed by atoms with E-state index in [0.717, 1.165) is 29.1 Å². The molecule has 1 amide bonds. The summed E-state index contributed by atoms with van der Waals surface area (Å²) in [6.07, 6.45) is 3.22. The maximum absolute atomic E-state index is 12.0. The first-order valence-electron chi connectivity index (χ1n) is 13.5. The molecule has 0 bridgehead atoms. The summed E-state index contributed by atoms with van der Waals surface area (Å²) in [7, 11) is 0. The Morgan fingerprint density at radius 2 is 1.79 bits per heavy atom. The van der Waals surface area contributed by atoms with Crippen molar-refractivity contribution < 1.29 is 4.79 Å². The third kappa shape index (κ3) is 4.94. The summed E-state index contributed by atoms with van der Waals surface area (Å²) in [5, 5.41) is 7.22. The van der Waals surface area contributed by atoms with Crippen molar-refractivity contribution in [3.05, 3.63) is 107 Å². The molecule has 0 unspecified atom stereocenters. The molecule has 1 aliphatic heterocycles. The van der Waals surface area contributed by atoms with Crippen LogP contribution in [0.3, 0.4) is 0 Å². The second kappa shape index (κ2) is 11.0. The lowest BCUT2D eigenvalue weighted by Crippen LogP contribution is -2.29. The number of pyridine rings is 1. The van der Waals surface area contributed by atoms with Crippen LogP contribution in [0.2, 0.25) is 0 Å². The molecule has 2 N–H and O–H groups in total. The van der Waals surface area contributed by atoms with E-state index in [1.54, 1.807) is 0 Å². The number of aromatic nitrogens is 2. The van der Waals surface area contributed by atoms with Crippen LogP contribution in [0.1, 0.15) is 66.1 Å². The van der Waals surface area contributed by atoms with E-state index in [1.165, 1.54) is 28.2 Å². The maximum Gasteiger partial charge on any atom is 0.224 e. The summed E-state index contributed by atoms with van der Waals surface area (Å²) in [6.45, 7) is 10.4. The fourth-order valence-corrected chi connectivity index (χ4v) is 5.96. The molecular formula is C32H35N5OS. The van der Waals surface area contributed by atoms with Crippen molar-refractivity contribution in [2.24, 2.45) is 0 Å². The van der Waals surface area contributed by atoms with Crippen LogP contribution in [0.5, 0.6) is 0 Å². The van der Waals surface area contributed by atoms with E-state index >= 15 is 0 Å². The fraction of sp³-hybridized carbons (Fsp3) is 0.281. The van der Waals surface area contributed by atoms with Gasteiger partial charge < -0.3 is 20.1 Å². The van der Waals surface area contributed by atoms with E-state index < -0.39 is 0 Å². The summed E-state index contributed by atoms with van der Waals surface area (Å²) in [4.78, 5) is 18.9. The molecule has 2 aromatic carbocycles. The van der Waals surface area contributed by atoms with Crippen LogP contribution in [-0.4, -0.2) is 20.6 Å². The molecule has 2 atom stereocenters. The van der Waals surface area contributed by atoms with Crippen molar-refractivity contribution in [2.75, 3.05) is 10.2 Å². The van der Waals surface area contributed by atoms with Crippen LogP contribution < -0.4 is 15.5 Å². The van der Waals surface area contributed by atoms with Gasteiger partial charge in [0.25, 0.3) is 0 Å². The summed E-state index contributed by atoms with van der Waals surface area (Å²) in [6, 6.07) is 22.7. The van der Waals surface area contributed by atoms with Crippen molar-refractivity contribution in [1.82, 2.24) is 14.9 Å². The van der Waals surface area contributed by atoms with E-state index in [1.807, 2.05) is 44.3 Å². The number of amides is 1. The highest BCUT2D eigenvalue weighted by molar-refractivity contribution is 7.80. The van der Waals surface area contributed by atoms with Crippen molar-refractivity contribution in [1.29, 1.82) is 0 Å². The summed E-state index contributed by atoms with van der Waals surface area (Å²) < 4.78 is 2.36. The number of para-hydroxylation sites is 1. The molecule has 0 radical (unpaired) electrons. The van der Waals surface area contributed by atoms with Gasteiger partial charge in [-0.15, -0.1) is 0 Å². The second-order valence-electron chi connectivity index (χ2n) is 10.0. The van der Waals surface area contributed by atoms with Crippen LogP contribution >= 0.6 is 12.2 Å². The number of anilines is 2. The van der Waals surface area contributed by atoms with Crippen LogP contribution in [0.15, 0.2) is 72.9 Å². The first kappa shape index (κ1) is 26.6. The lowest BCUT2D eigenvalue weighted by molar-refractivity contribution is -0.115. The zero-order valence-electron chi connectivity index (χ0n) is 23.2. The van der Waals surface area contributed by atoms with Crippen LogP contribution in [0.4, 0.5) is 11.4 Å². The highest BCUT2D eigenvalue weighted by Gasteiger charge is 2.42. The van der Waals surface area contributed by atoms with Crippen LogP contribution in [0, 0.1) is 20.8 Å². The van der Waals surface area contributed by atoms with Crippen molar-refractivity contribution >= 4 is 34.6 Å². The zero-order chi connectivity index (χ0) is 27.7. The summed E-state index contributed by atoms with van der Waals surface area (Å²) >= 11 is 5.97. The number of nitrogens with zero attached hydrogens (tertiary/aromatic N) is 3. The molecule has 4 aromatic rings. The van der Waals surface area contributed by atoms with Crippen molar-refractivity contribution in [3.8, 4) is 5.69 Å². The lowest BCUT2D eigenvalue weighted by Gasteiger charge is -2.29. The Labute approximate surface area is 236 Å². The first-order valence-corrected chi connectivity index (χ1v) is 13.9. The minimum Gasteiger partial charge on any atom is -0.351 e. The molecule has 1 aliphatic rings. The SMILES string of the molecule is CCC(=O)Nc1ccc(N2C(=S)N[C@H](c3ccccn3)[C@@H]2c2cc(C)n(-c3ccccc3CC)c2C)cc1C. The highest BCUT2D eigenvalue weighted by Crippen LogP contribution is 2.44. The van der Waals surface area contributed by atoms with Gasteiger partial charge in [0.05, 0.1) is 17.8 Å². The van der Waals surface area contributed by atoms with Gasteiger partial charge in [-0.2, -0.15) is 0 Å². The molecule has 0 saturated carbocycles. The summed E-state index contributed by atoms with van der Waals surface area (Å²) in [5.74, 6) is -0.00268. The minimum absolute atomic E-state index is 0.00268. The predicted molar refractivity (Wildman–Crippen MR) is 163 cm³/mol. The Morgan fingerprint density at radius 1 is 1.03 bits per heavy atom. The normalized spacial score (nSPS) is 16.8. The monoisotopic (exact) mass is 537 g/mol. The van der Waals surface area contributed by atoms with Gasteiger partial charge in [-0.3, -0.25) is 9.78 Å². The second-order valence-corrected chi connectivity index (χ2v) is 10.4. The molecule has 39 heavy (non-hydrogen) atoms. The van der Waals surface area contributed by atoms with Gasteiger partial charge in [0.15, 0.2) is 5.11 Å². The number of carbonyl (C=O) groups is 1. The summed E-state index contributed by atoms with van der Waals surface area (Å²) in [5.41, 5.74) is 9.79. The van der Waals surface area contributed by atoms with Gasteiger partial charge in [0.2, 0.25) is 5.91 Å². The first-order chi connectivity index (χ1) is 18.8. The number of carbonyl (C=O) groups excluding carboxylic acids is 1. The number of rotatable bonds is 7. The van der Waals surface area contributed by atoms with Gasteiger partial charge in [-0.25, -0.2) is 0 Å². The molecule has 7 heteroatoms. The van der Waals surface area contributed by atoms with E-state index in [-0.39, 0.29) is 18.0 Å². The Kier molecular flexibility index (Phi) is 7.53. The Hall–Kier alpha value is -3.97. The molecule has 200 valence electrons. The van der Waals surface area contributed by atoms with E-state index in [4.69, 9.17) is 17.2 Å². The van der Waals surface area contributed by atoms with Gasteiger partial charge in [-0.1, -0.05) is 38.1 Å².